The van der Waals surface area contributed by atoms with E-state index in [1.54, 1.807) is 0 Å². The summed E-state index contributed by atoms with van der Waals surface area (Å²) in [4.78, 5) is 0. The van der Waals surface area contributed by atoms with Crippen LogP contribution < -0.4 is 10.6 Å². The first-order valence-electron chi connectivity index (χ1n) is 6.71. The lowest BCUT2D eigenvalue weighted by atomic mass is 10.2. The second kappa shape index (κ2) is 5.39. The molecule has 2 N–H and O–H groups in total. The average molecular weight is 228 g/mol. The van der Waals surface area contributed by atoms with Crippen LogP contribution in [0.15, 0.2) is 54.6 Å². The minimum Gasteiger partial charge on any atom is -0.383 e. The summed E-state index contributed by atoms with van der Waals surface area (Å²) >= 11 is 0. The Bertz CT molecular complexity index is 511. The van der Waals surface area contributed by atoms with Crippen LogP contribution in [0.3, 0.4) is 0 Å². The van der Waals surface area contributed by atoms with E-state index in [2.05, 4.69) is 0 Å². The Morgan fingerprint density at radius 1 is 0.824 bits per heavy atom. The molecule has 2 heteroatoms. The van der Waals surface area contributed by atoms with E-state index in [-0.39, 0.29) is 6.04 Å². The Hall–Kier alpha value is -1.96. The molecule has 17 heavy (non-hydrogen) atoms. The number of hydrogen-bond donors (Lipinski definition) is 2. The first kappa shape index (κ1) is 9.11. The number of nitrogens with one attached hydrogen (secondary N) is 2. The van der Waals surface area contributed by atoms with Gasteiger partial charge in [0.25, 0.3) is 0 Å². The molecule has 0 radical (unpaired) electrons. The zero-order valence-corrected chi connectivity index (χ0v) is 10.2. The highest BCUT2D eigenvalue weighted by molar-refractivity contribution is 5.62. The van der Waals surface area contributed by atoms with Gasteiger partial charge < -0.3 is 10.6 Å². The highest BCUT2D eigenvalue weighted by Gasteiger charge is 1.96. The zero-order valence-electron chi connectivity index (χ0n) is 12.2. The Morgan fingerprint density at radius 3 is 1.94 bits per heavy atom. The molecule has 2 aromatic carbocycles. The minimum absolute atomic E-state index is 0.132. The van der Waals surface area contributed by atoms with Gasteiger partial charge >= 0.3 is 0 Å². The van der Waals surface area contributed by atoms with Crippen LogP contribution in [0.4, 0.5) is 17.1 Å². The van der Waals surface area contributed by atoms with Gasteiger partial charge in [0.1, 0.15) is 0 Å². The monoisotopic (exact) mass is 228 g/mol. The summed E-state index contributed by atoms with van der Waals surface area (Å²) in [6.07, 6.45) is 0. The van der Waals surface area contributed by atoms with Crippen molar-refractivity contribution in [2.24, 2.45) is 0 Å². The smallest absolute Gasteiger partial charge is 0.167 e. The molecule has 2 aromatic rings. The highest BCUT2D eigenvalue weighted by atomic mass is 14.9. The van der Waals surface area contributed by atoms with Crippen LogP contribution in [-0.2, 0) is 0 Å². The third kappa shape index (κ3) is 3.52. The third-order valence-corrected chi connectivity index (χ3v) is 2.27. The first-order chi connectivity index (χ1) is 9.09. The third-order valence-electron chi connectivity index (χ3n) is 2.27. The van der Waals surface area contributed by atoms with E-state index >= 15 is 0 Å². The van der Waals surface area contributed by atoms with Gasteiger partial charge in [-0.1, -0.05) is 18.2 Å². The molecule has 0 fully saturated rings. The van der Waals surface area contributed by atoms with Crippen LogP contribution in [0.1, 0.15) is 13.8 Å². The van der Waals surface area contributed by atoms with Crippen molar-refractivity contribution < 1.29 is 2.82 Å². The van der Waals surface area contributed by atoms with Crippen LogP contribution in [0.2, 0.25) is 2.82 Å². The second-order valence-corrected chi connectivity index (χ2v) is 4.19. The van der Waals surface area contributed by atoms with E-state index < -0.39 is 0 Å². The molecule has 2 rings (SSSR count). The fourth-order valence-corrected chi connectivity index (χ4v) is 1.56. The largest absolute Gasteiger partial charge is 0.383 e. The quantitative estimate of drug-likeness (QED) is 0.817. The van der Waals surface area contributed by atoms with Gasteiger partial charge in [-0.2, -0.15) is 0 Å². The number of hydrogen-bond acceptors (Lipinski definition) is 2. The lowest BCUT2D eigenvalue weighted by molar-refractivity contribution is 0.900. The molecule has 0 spiro atoms. The van der Waals surface area contributed by atoms with Crippen molar-refractivity contribution in [3.63, 3.8) is 0 Å². The van der Waals surface area contributed by atoms with Crippen LogP contribution >= 0.6 is 0 Å². The number of para-hydroxylation sites is 1. The van der Waals surface area contributed by atoms with Crippen LogP contribution in [-0.4, -0.2) is 6.04 Å². The van der Waals surface area contributed by atoms with Gasteiger partial charge in [0.2, 0.25) is 0 Å². The Morgan fingerprint density at radius 2 is 1.35 bits per heavy atom. The van der Waals surface area contributed by atoms with Crippen LogP contribution in [0.25, 0.3) is 0 Å². The summed E-state index contributed by atoms with van der Waals surface area (Å²) in [7, 11) is 0. The van der Waals surface area contributed by atoms with Gasteiger partial charge in [0, 0.05) is 23.1 Å². The minimum atomic E-state index is 0.132. The van der Waals surface area contributed by atoms with E-state index in [1.807, 2.05) is 68.4 Å². The molecule has 0 aliphatic rings. The summed E-state index contributed by atoms with van der Waals surface area (Å²) in [6, 6.07) is 17.1. The summed E-state index contributed by atoms with van der Waals surface area (Å²) < 4.78 is 16.0. The molecule has 0 saturated heterocycles. The van der Waals surface area contributed by atoms with E-state index in [1.165, 1.54) is 10.6 Å². The lowest BCUT2D eigenvalue weighted by Crippen LogP contribution is -2.09. The standard InChI is InChI=1S/C15H18N2/c1-12(2)16-14-8-10-15(11-9-14)17-13-6-4-3-5-7-13/h3-12,16-17H,1-2H3/i/hD2. The molecular weight excluding hydrogens is 208 g/mol. The Kier molecular flexibility index (Phi) is 2.89. The van der Waals surface area contributed by atoms with Gasteiger partial charge in [-0.05, 0) is 50.2 Å². The fourth-order valence-electron chi connectivity index (χ4n) is 1.56. The molecule has 88 valence electrons. The van der Waals surface area contributed by atoms with Gasteiger partial charge in [-0.3, -0.25) is 0 Å². The predicted molar refractivity (Wildman–Crippen MR) is 74.9 cm³/mol. The van der Waals surface area contributed by atoms with Crippen LogP contribution in [0.5, 0.6) is 0 Å². The average Bonchev–Trinajstić information content (AvgIpc) is 2.46. The summed E-state index contributed by atoms with van der Waals surface area (Å²) in [5, 5.41) is 2.84. The highest BCUT2D eigenvalue weighted by Crippen LogP contribution is 2.18. The molecule has 2 nitrogen and oxygen atoms in total. The van der Waals surface area contributed by atoms with Crippen molar-refractivity contribution in [1.29, 1.82) is 0 Å². The molecule has 0 aliphatic heterocycles. The summed E-state index contributed by atoms with van der Waals surface area (Å²) in [5.41, 5.74) is 2.44. The maximum atomic E-state index is 8.09. The molecule has 0 amide bonds. The Balaban J connectivity index is 2.19. The van der Waals surface area contributed by atoms with Crippen molar-refractivity contribution in [2.75, 3.05) is 10.6 Å². The molecule has 0 atom stereocenters. The zero-order chi connectivity index (χ0) is 13.8. The van der Waals surface area contributed by atoms with Crippen molar-refractivity contribution in [3.8, 4) is 0 Å². The lowest BCUT2D eigenvalue weighted by Gasteiger charge is -2.11. The SMILES string of the molecule is [2H]N(c1ccccc1)c1ccc(N([2H])C(C)C)cc1. The molecule has 0 saturated carbocycles. The molecule has 0 aromatic heterocycles. The van der Waals surface area contributed by atoms with Crippen molar-refractivity contribution >= 4 is 17.1 Å². The second-order valence-electron chi connectivity index (χ2n) is 4.19. The summed E-state index contributed by atoms with van der Waals surface area (Å²) in [6.45, 7) is 3.95. The summed E-state index contributed by atoms with van der Waals surface area (Å²) in [5.74, 6) is 0. The molecule has 0 heterocycles. The van der Waals surface area contributed by atoms with Gasteiger partial charge in [0.05, 0.1) is 0 Å². The maximum absolute atomic E-state index is 8.09. The fraction of sp³-hybridized carbons (Fsp3) is 0.200. The molecular formula is C15H18N2. The normalized spacial score (nSPS) is 11.9. The van der Waals surface area contributed by atoms with Gasteiger partial charge in [-0.15, -0.1) is 0 Å². The van der Waals surface area contributed by atoms with Gasteiger partial charge in [-0.25, -0.2) is 0 Å². The predicted octanol–water partition coefficient (Wildman–Crippen LogP) is 4.25. The van der Waals surface area contributed by atoms with E-state index in [4.69, 9.17) is 2.82 Å². The number of anilines is 3. The first-order valence-corrected chi connectivity index (χ1v) is 5.82. The molecule has 0 aliphatic carbocycles. The van der Waals surface area contributed by atoms with Crippen molar-refractivity contribution in [3.05, 3.63) is 54.6 Å². The maximum Gasteiger partial charge on any atom is 0.167 e. The molecule has 0 bridgehead atoms. The van der Waals surface area contributed by atoms with E-state index in [9.17, 15) is 0 Å². The van der Waals surface area contributed by atoms with E-state index in [0.717, 1.165) is 17.1 Å². The Labute approximate surface area is 106 Å². The topological polar surface area (TPSA) is 24.1 Å². The van der Waals surface area contributed by atoms with Crippen LogP contribution in [0, 0.1) is 0 Å². The van der Waals surface area contributed by atoms with E-state index in [0.29, 0.717) is 0 Å². The number of rotatable bonds is 4. The van der Waals surface area contributed by atoms with Crippen molar-refractivity contribution in [2.45, 2.75) is 19.9 Å². The molecule has 0 unspecified atom stereocenters. The van der Waals surface area contributed by atoms with Gasteiger partial charge in [0.15, 0.2) is 2.82 Å². The van der Waals surface area contributed by atoms with Crippen molar-refractivity contribution in [1.82, 2.24) is 0 Å². The number of benzene rings is 2.